The van der Waals surface area contributed by atoms with Crippen LogP contribution in [0.2, 0.25) is 0 Å². The van der Waals surface area contributed by atoms with Crippen LogP contribution in [0.5, 0.6) is 0 Å². The molecule has 0 spiro atoms. The Morgan fingerprint density at radius 3 is 2.77 bits per heavy atom. The fourth-order valence-corrected chi connectivity index (χ4v) is 3.15. The number of nitrogens with one attached hydrogen (secondary N) is 2. The summed E-state index contributed by atoms with van der Waals surface area (Å²) >= 11 is 0. The molecule has 0 saturated carbocycles. The quantitative estimate of drug-likeness (QED) is 0.873. The standard InChI is InChI=1S/C22H23N2O2/c1-15-7-5-11-19(13-15)24-22(26)16(2)23-21(25)14-18-10-6-9-17-8-3-4-12-20(17)18/h3-4,6-12,16,19H,13-14H2,1-2H3,(H,23,25)(H,24,26)/t16-,19?/m0/s1. The van der Waals surface area contributed by atoms with Gasteiger partial charge in [-0.2, -0.15) is 0 Å². The number of hydrogen-bond donors (Lipinski definition) is 2. The smallest absolute Gasteiger partial charge is 0.242 e. The fourth-order valence-electron chi connectivity index (χ4n) is 3.15. The average molecular weight is 347 g/mol. The summed E-state index contributed by atoms with van der Waals surface area (Å²) in [4.78, 5) is 24.7. The van der Waals surface area contributed by atoms with E-state index in [0.29, 0.717) is 0 Å². The number of amides is 2. The monoisotopic (exact) mass is 347 g/mol. The highest BCUT2D eigenvalue weighted by atomic mass is 16.2. The van der Waals surface area contributed by atoms with Crippen molar-refractivity contribution in [1.29, 1.82) is 0 Å². The Bertz CT molecular complexity index is 877. The molecule has 1 aliphatic rings. The van der Waals surface area contributed by atoms with Gasteiger partial charge in [0.15, 0.2) is 0 Å². The molecule has 1 aliphatic carbocycles. The van der Waals surface area contributed by atoms with Crippen molar-refractivity contribution in [2.45, 2.75) is 38.8 Å². The highest BCUT2D eigenvalue weighted by Crippen LogP contribution is 2.19. The van der Waals surface area contributed by atoms with Crippen molar-refractivity contribution < 1.29 is 9.59 Å². The maximum Gasteiger partial charge on any atom is 0.242 e. The van der Waals surface area contributed by atoms with Gasteiger partial charge in [0.1, 0.15) is 6.04 Å². The van der Waals surface area contributed by atoms with Crippen molar-refractivity contribution in [2.75, 3.05) is 0 Å². The summed E-state index contributed by atoms with van der Waals surface area (Å²) in [5, 5.41) is 7.90. The summed E-state index contributed by atoms with van der Waals surface area (Å²) in [5.41, 5.74) is 2.13. The van der Waals surface area contributed by atoms with Crippen LogP contribution in [0.3, 0.4) is 0 Å². The van der Waals surface area contributed by atoms with E-state index in [1.165, 1.54) is 5.57 Å². The predicted octanol–water partition coefficient (Wildman–Crippen LogP) is 3.08. The zero-order valence-electron chi connectivity index (χ0n) is 15.1. The minimum Gasteiger partial charge on any atom is -0.348 e. The first-order valence-electron chi connectivity index (χ1n) is 8.84. The number of carbonyl (C=O) groups excluding carboxylic acids is 2. The molecule has 0 aromatic heterocycles. The summed E-state index contributed by atoms with van der Waals surface area (Å²) in [6.07, 6.45) is 7.81. The maximum absolute atomic E-state index is 12.4. The highest BCUT2D eigenvalue weighted by Gasteiger charge is 2.19. The topological polar surface area (TPSA) is 58.2 Å². The summed E-state index contributed by atoms with van der Waals surface area (Å²) in [6.45, 7) is 3.71. The molecule has 2 N–H and O–H groups in total. The van der Waals surface area contributed by atoms with Gasteiger partial charge in [-0.05, 0) is 42.7 Å². The van der Waals surface area contributed by atoms with Crippen LogP contribution in [0.4, 0.5) is 0 Å². The normalized spacial score (nSPS) is 17.5. The third-order valence-electron chi connectivity index (χ3n) is 4.50. The third-order valence-corrected chi connectivity index (χ3v) is 4.50. The Morgan fingerprint density at radius 1 is 1.19 bits per heavy atom. The van der Waals surface area contributed by atoms with E-state index in [0.717, 1.165) is 22.8 Å². The lowest BCUT2D eigenvalue weighted by molar-refractivity contribution is -0.128. The fraction of sp³-hybridized carbons (Fsp3) is 0.273. The summed E-state index contributed by atoms with van der Waals surface area (Å²) in [6, 6.07) is 13.2. The van der Waals surface area contributed by atoms with Crippen LogP contribution in [0.25, 0.3) is 10.8 Å². The van der Waals surface area contributed by atoms with Crippen LogP contribution in [-0.2, 0) is 16.0 Å². The molecule has 0 bridgehead atoms. The van der Waals surface area contributed by atoms with Crippen LogP contribution >= 0.6 is 0 Å². The van der Waals surface area contributed by atoms with E-state index in [4.69, 9.17) is 0 Å². The largest absolute Gasteiger partial charge is 0.348 e. The van der Waals surface area contributed by atoms with Gasteiger partial charge in [0.25, 0.3) is 0 Å². The van der Waals surface area contributed by atoms with E-state index in [1.54, 1.807) is 6.92 Å². The van der Waals surface area contributed by atoms with Crippen molar-refractivity contribution in [3.8, 4) is 0 Å². The Hall–Kier alpha value is -2.88. The second kappa shape index (κ2) is 8.00. The minimum atomic E-state index is -0.586. The molecule has 1 unspecified atom stereocenters. The third kappa shape index (κ3) is 4.39. The Kier molecular flexibility index (Phi) is 5.52. The molecule has 0 fully saturated rings. The van der Waals surface area contributed by atoms with Crippen LogP contribution in [-0.4, -0.2) is 23.9 Å². The summed E-state index contributed by atoms with van der Waals surface area (Å²) in [5.74, 6) is -0.347. The molecule has 133 valence electrons. The van der Waals surface area contributed by atoms with Crippen LogP contribution in [0.1, 0.15) is 25.8 Å². The van der Waals surface area contributed by atoms with Crippen molar-refractivity contribution in [3.05, 3.63) is 71.8 Å². The van der Waals surface area contributed by atoms with E-state index in [-0.39, 0.29) is 24.3 Å². The minimum absolute atomic E-state index is 0.0649. The molecule has 26 heavy (non-hydrogen) atoms. The van der Waals surface area contributed by atoms with Crippen LogP contribution in [0.15, 0.2) is 60.2 Å². The molecule has 2 atom stereocenters. The molecule has 2 aromatic carbocycles. The van der Waals surface area contributed by atoms with E-state index in [2.05, 4.69) is 16.7 Å². The lowest BCUT2D eigenvalue weighted by Gasteiger charge is -2.21. The molecule has 2 amide bonds. The van der Waals surface area contributed by atoms with Crippen molar-refractivity contribution in [1.82, 2.24) is 10.6 Å². The zero-order chi connectivity index (χ0) is 18.5. The highest BCUT2D eigenvalue weighted by molar-refractivity contribution is 5.92. The zero-order valence-corrected chi connectivity index (χ0v) is 15.1. The molecular weight excluding hydrogens is 324 g/mol. The van der Waals surface area contributed by atoms with Crippen LogP contribution in [0, 0.1) is 6.08 Å². The van der Waals surface area contributed by atoms with E-state index < -0.39 is 6.04 Å². The second-order valence-corrected chi connectivity index (χ2v) is 6.75. The second-order valence-electron chi connectivity index (χ2n) is 6.75. The molecule has 4 nitrogen and oxygen atoms in total. The Morgan fingerprint density at radius 2 is 1.96 bits per heavy atom. The lowest BCUT2D eigenvalue weighted by Crippen LogP contribution is -2.48. The van der Waals surface area contributed by atoms with E-state index >= 15 is 0 Å². The van der Waals surface area contributed by atoms with E-state index in [9.17, 15) is 9.59 Å². The first kappa shape index (κ1) is 17.9. The number of rotatable bonds is 5. The summed E-state index contributed by atoms with van der Waals surface area (Å²) < 4.78 is 0. The SMILES string of the molecule is CC1=C[C]=CC(NC(=O)[C@H](C)NC(=O)Cc2cccc3ccccc23)C1. The number of carbonyl (C=O) groups is 2. The first-order valence-corrected chi connectivity index (χ1v) is 8.84. The van der Waals surface area contributed by atoms with Gasteiger partial charge in [0.05, 0.1) is 12.5 Å². The van der Waals surface area contributed by atoms with Gasteiger partial charge in [-0.3, -0.25) is 9.59 Å². The molecule has 0 heterocycles. The molecule has 0 aliphatic heterocycles. The molecule has 1 radical (unpaired) electrons. The molecule has 3 rings (SSSR count). The van der Waals surface area contributed by atoms with Gasteiger partial charge in [-0.15, -0.1) is 0 Å². The van der Waals surface area contributed by atoms with Crippen LogP contribution < -0.4 is 10.6 Å². The molecular formula is C22H23N2O2. The number of fused-ring (bicyclic) bond motifs is 1. The molecule has 0 saturated heterocycles. The lowest BCUT2D eigenvalue weighted by atomic mass is 10.0. The predicted molar refractivity (Wildman–Crippen MR) is 103 cm³/mol. The maximum atomic E-state index is 12.4. The van der Waals surface area contributed by atoms with Crippen molar-refractivity contribution in [2.24, 2.45) is 0 Å². The van der Waals surface area contributed by atoms with Gasteiger partial charge in [0, 0.05) is 0 Å². The van der Waals surface area contributed by atoms with Crippen molar-refractivity contribution >= 4 is 22.6 Å². The van der Waals surface area contributed by atoms with Crippen molar-refractivity contribution in [3.63, 3.8) is 0 Å². The Labute approximate surface area is 154 Å². The van der Waals surface area contributed by atoms with Gasteiger partial charge >= 0.3 is 0 Å². The molecule has 2 aromatic rings. The van der Waals surface area contributed by atoms with Gasteiger partial charge in [0.2, 0.25) is 11.8 Å². The number of allylic oxidation sites excluding steroid dienone is 2. The van der Waals surface area contributed by atoms with Gasteiger partial charge in [-0.25, -0.2) is 0 Å². The summed E-state index contributed by atoms with van der Waals surface area (Å²) in [7, 11) is 0. The Balaban J connectivity index is 1.58. The number of benzene rings is 2. The average Bonchev–Trinajstić information content (AvgIpc) is 2.62. The van der Waals surface area contributed by atoms with Gasteiger partial charge in [-0.1, -0.05) is 60.2 Å². The van der Waals surface area contributed by atoms with Gasteiger partial charge < -0.3 is 10.6 Å². The first-order chi connectivity index (χ1) is 12.5. The number of hydrogen-bond acceptors (Lipinski definition) is 2. The molecule has 4 heteroatoms. The van der Waals surface area contributed by atoms with E-state index in [1.807, 2.05) is 61.5 Å².